The molecule has 1 aliphatic heterocycles. The number of hydrogen-bond acceptors (Lipinski definition) is 4. The Balaban J connectivity index is 1.50. The van der Waals surface area contributed by atoms with Gasteiger partial charge in [0.1, 0.15) is 0 Å². The van der Waals surface area contributed by atoms with E-state index in [4.69, 9.17) is 0 Å². The number of hydrogen-bond donors (Lipinski definition) is 1. The molecule has 1 saturated carbocycles. The number of nitrogens with one attached hydrogen (secondary N) is 1. The van der Waals surface area contributed by atoms with E-state index in [0.717, 1.165) is 42.7 Å². The summed E-state index contributed by atoms with van der Waals surface area (Å²) in [6.07, 6.45) is 3.28. The first-order valence-corrected chi connectivity index (χ1v) is 9.08. The van der Waals surface area contributed by atoms with Crippen molar-refractivity contribution in [1.82, 2.24) is 20.1 Å². The molecule has 2 heterocycles. The van der Waals surface area contributed by atoms with E-state index in [1.165, 1.54) is 17.7 Å². The van der Waals surface area contributed by atoms with Crippen molar-refractivity contribution in [1.29, 1.82) is 0 Å². The van der Waals surface area contributed by atoms with Crippen molar-refractivity contribution in [2.24, 2.45) is 4.99 Å². The largest absolute Gasteiger partial charge is 0.356 e. The first kappa shape index (κ1) is 16.2. The molecule has 3 rings (SSSR count). The molecular formula is C16H25N5OS. The maximum atomic E-state index is 12.2. The first-order valence-electron chi connectivity index (χ1n) is 8.26. The van der Waals surface area contributed by atoms with Crippen molar-refractivity contribution in [3.05, 3.63) is 15.6 Å². The lowest BCUT2D eigenvalue weighted by Gasteiger charge is -2.36. The molecule has 6 nitrogen and oxygen atoms in total. The fourth-order valence-corrected chi connectivity index (χ4v) is 4.00. The maximum absolute atomic E-state index is 12.2. The topological polar surface area (TPSA) is 60.8 Å². The van der Waals surface area contributed by atoms with E-state index in [1.54, 1.807) is 18.4 Å². The zero-order chi connectivity index (χ0) is 16.4. The molecule has 1 N–H and O–H groups in total. The maximum Gasteiger partial charge on any atom is 0.242 e. The smallest absolute Gasteiger partial charge is 0.242 e. The van der Waals surface area contributed by atoms with Crippen LogP contribution in [0.2, 0.25) is 0 Å². The Morgan fingerprint density at radius 1 is 1.39 bits per heavy atom. The van der Waals surface area contributed by atoms with Gasteiger partial charge >= 0.3 is 0 Å². The third kappa shape index (κ3) is 3.83. The summed E-state index contributed by atoms with van der Waals surface area (Å²) in [6, 6.07) is 0.511. The molecular weight excluding hydrogens is 310 g/mol. The van der Waals surface area contributed by atoms with E-state index in [-0.39, 0.29) is 5.91 Å². The number of aromatic nitrogens is 1. The van der Waals surface area contributed by atoms with Gasteiger partial charge in [-0.1, -0.05) is 0 Å². The van der Waals surface area contributed by atoms with Crippen LogP contribution in [0.5, 0.6) is 0 Å². The van der Waals surface area contributed by atoms with Gasteiger partial charge in [0.2, 0.25) is 5.91 Å². The molecule has 2 aliphatic rings. The van der Waals surface area contributed by atoms with Crippen LogP contribution in [0.25, 0.3) is 0 Å². The van der Waals surface area contributed by atoms with Crippen LogP contribution in [-0.4, -0.2) is 65.9 Å². The molecule has 126 valence electrons. The summed E-state index contributed by atoms with van der Waals surface area (Å²) in [5.74, 6) is 1.06. The highest BCUT2D eigenvalue weighted by atomic mass is 32.1. The molecule has 0 atom stereocenters. The molecule has 1 aromatic rings. The molecule has 1 aliphatic carbocycles. The summed E-state index contributed by atoms with van der Waals surface area (Å²) >= 11 is 1.75. The van der Waals surface area contributed by atoms with Crippen LogP contribution in [0, 0.1) is 13.8 Å². The zero-order valence-corrected chi connectivity index (χ0v) is 14.9. The Bertz CT molecular complexity index is 608. The number of guanidine groups is 1. The van der Waals surface area contributed by atoms with Crippen LogP contribution < -0.4 is 5.32 Å². The molecule has 2 fully saturated rings. The summed E-state index contributed by atoms with van der Waals surface area (Å²) in [4.78, 5) is 26.5. The minimum atomic E-state index is 0.232. The number of amides is 1. The van der Waals surface area contributed by atoms with E-state index in [1.807, 2.05) is 11.8 Å². The lowest BCUT2D eigenvalue weighted by molar-refractivity contribution is -0.135. The standard InChI is InChI=1S/C16H25N5OS/c1-11-14(23-12(2)19-11)6-7-18-16(17-3)20-8-9-21(13-4-5-13)15(22)10-20/h13H,4-10H2,1-3H3,(H,17,18). The van der Waals surface area contributed by atoms with Crippen LogP contribution in [0.3, 0.4) is 0 Å². The number of aliphatic imine (C=N–C) groups is 1. The minimum absolute atomic E-state index is 0.232. The quantitative estimate of drug-likeness (QED) is 0.663. The molecule has 23 heavy (non-hydrogen) atoms. The predicted octanol–water partition coefficient (Wildman–Crippen LogP) is 1.18. The summed E-state index contributed by atoms with van der Waals surface area (Å²) in [7, 11) is 1.78. The first-order chi connectivity index (χ1) is 11.1. The van der Waals surface area contributed by atoms with E-state index < -0.39 is 0 Å². The van der Waals surface area contributed by atoms with Crippen molar-refractivity contribution in [3.8, 4) is 0 Å². The van der Waals surface area contributed by atoms with Crippen molar-refractivity contribution in [2.45, 2.75) is 39.2 Å². The number of rotatable bonds is 4. The molecule has 1 saturated heterocycles. The third-order valence-electron chi connectivity index (χ3n) is 4.39. The highest BCUT2D eigenvalue weighted by molar-refractivity contribution is 7.11. The lowest BCUT2D eigenvalue weighted by Crippen LogP contribution is -2.55. The van der Waals surface area contributed by atoms with E-state index >= 15 is 0 Å². The van der Waals surface area contributed by atoms with Crippen LogP contribution in [0.4, 0.5) is 0 Å². The van der Waals surface area contributed by atoms with Gasteiger partial charge in [-0.3, -0.25) is 9.79 Å². The predicted molar refractivity (Wildman–Crippen MR) is 93.0 cm³/mol. The zero-order valence-electron chi connectivity index (χ0n) is 14.1. The molecule has 1 amide bonds. The van der Waals surface area contributed by atoms with Gasteiger partial charge in [-0.15, -0.1) is 11.3 Å². The third-order valence-corrected chi connectivity index (χ3v) is 5.52. The number of piperazine rings is 1. The minimum Gasteiger partial charge on any atom is -0.356 e. The normalized spacial score (nSPS) is 19.4. The van der Waals surface area contributed by atoms with Gasteiger partial charge in [-0.2, -0.15) is 0 Å². The molecule has 0 unspecified atom stereocenters. The summed E-state index contributed by atoms with van der Waals surface area (Å²) in [6.45, 7) is 7.03. The van der Waals surface area contributed by atoms with Gasteiger partial charge in [0.25, 0.3) is 0 Å². The Morgan fingerprint density at radius 2 is 2.17 bits per heavy atom. The van der Waals surface area contributed by atoms with Gasteiger partial charge in [0.15, 0.2) is 5.96 Å². The van der Waals surface area contributed by atoms with Crippen molar-refractivity contribution in [3.63, 3.8) is 0 Å². The van der Waals surface area contributed by atoms with Gasteiger partial charge in [-0.25, -0.2) is 4.98 Å². The van der Waals surface area contributed by atoms with Crippen LogP contribution >= 0.6 is 11.3 Å². The molecule has 0 spiro atoms. The second kappa shape index (κ2) is 6.86. The average Bonchev–Trinajstić information content (AvgIpc) is 3.29. The summed E-state index contributed by atoms with van der Waals surface area (Å²) < 4.78 is 0. The van der Waals surface area contributed by atoms with Crippen molar-refractivity contribution in [2.75, 3.05) is 33.2 Å². The SMILES string of the molecule is CN=C(NCCc1sc(C)nc1C)N1CCN(C2CC2)C(=O)C1. The van der Waals surface area contributed by atoms with Gasteiger partial charge in [-0.05, 0) is 26.7 Å². The Hall–Kier alpha value is -1.63. The van der Waals surface area contributed by atoms with Crippen LogP contribution in [-0.2, 0) is 11.2 Å². The van der Waals surface area contributed by atoms with E-state index in [9.17, 15) is 4.79 Å². The van der Waals surface area contributed by atoms with Crippen molar-refractivity contribution < 1.29 is 4.79 Å². The molecule has 0 bridgehead atoms. The summed E-state index contributed by atoms with van der Waals surface area (Å²) in [5.41, 5.74) is 1.12. The van der Waals surface area contributed by atoms with Crippen molar-refractivity contribution >= 4 is 23.2 Å². The fourth-order valence-electron chi connectivity index (χ4n) is 3.07. The second-order valence-electron chi connectivity index (χ2n) is 6.21. The second-order valence-corrected chi connectivity index (χ2v) is 7.49. The number of carbonyl (C=O) groups is 1. The van der Waals surface area contributed by atoms with Crippen LogP contribution in [0.1, 0.15) is 28.4 Å². The van der Waals surface area contributed by atoms with E-state index in [2.05, 4.69) is 27.1 Å². The van der Waals surface area contributed by atoms with Crippen LogP contribution in [0.15, 0.2) is 4.99 Å². The number of aryl methyl sites for hydroxylation is 2. The monoisotopic (exact) mass is 335 g/mol. The lowest BCUT2D eigenvalue weighted by atomic mass is 10.3. The fraction of sp³-hybridized carbons (Fsp3) is 0.688. The number of nitrogens with zero attached hydrogens (tertiary/aromatic N) is 4. The Labute approximate surface area is 141 Å². The molecule has 1 aromatic heterocycles. The Kier molecular flexibility index (Phi) is 4.84. The van der Waals surface area contributed by atoms with E-state index in [0.29, 0.717) is 12.6 Å². The summed E-state index contributed by atoms with van der Waals surface area (Å²) in [5, 5.41) is 4.50. The van der Waals surface area contributed by atoms with Gasteiger partial charge < -0.3 is 15.1 Å². The number of carbonyl (C=O) groups excluding carboxylic acids is 1. The van der Waals surface area contributed by atoms with Gasteiger partial charge in [0, 0.05) is 44.0 Å². The average molecular weight is 335 g/mol. The number of thiazole rings is 1. The molecule has 7 heteroatoms. The highest BCUT2D eigenvalue weighted by Crippen LogP contribution is 2.28. The molecule has 0 radical (unpaired) electrons. The highest BCUT2D eigenvalue weighted by Gasteiger charge is 2.36. The van der Waals surface area contributed by atoms with Gasteiger partial charge in [0.05, 0.1) is 17.2 Å². The Morgan fingerprint density at radius 3 is 2.74 bits per heavy atom. The molecule has 0 aromatic carbocycles.